The normalized spacial score (nSPS) is 14.6. The summed E-state index contributed by atoms with van der Waals surface area (Å²) in [6, 6.07) is 0. The average Bonchev–Trinajstić information content (AvgIpc) is 2.66. The fourth-order valence-electron chi connectivity index (χ4n) is 1.29. The molecule has 0 aromatic carbocycles. The second-order valence-corrected chi connectivity index (χ2v) is 3.06. The number of rotatable bonds is 4. The van der Waals surface area contributed by atoms with Gasteiger partial charge in [-0.15, -0.1) is 0 Å². The second kappa shape index (κ2) is 5.00. The Morgan fingerprint density at radius 2 is 1.77 bits per heavy atom. The van der Waals surface area contributed by atoms with Gasteiger partial charge in [0, 0.05) is 20.6 Å². The highest BCUT2D eigenvalue weighted by molar-refractivity contribution is 5.42. The van der Waals surface area contributed by atoms with E-state index >= 15 is 0 Å². The molecule has 0 heterocycles. The van der Waals surface area contributed by atoms with Crippen molar-refractivity contribution in [1.82, 2.24) is 0 Å². The van der Waals surface area contributed by atoms with Crippen molar-refractivity contribution in [2.45, 2.75) is 19.6 Å². The van der Waals surface area contributed by atoms with Crippen LogP contribution in [0.2, 0.25) is 0 Å². The number of methoxy groups -OCH3 is 2. The number of hydrogen-bond acceptors (Lipinski definition) is 2. The van der Waals surface area contributed by atoms with E-state index in [4.69, 9.17) is 9.47 Å². The Hall–Kier alpha value is -0.860. The lowest BCUT2D eigenvalue weighted by atomic mass is 10.1. The molecular formula is C11H16O2. The zero-order valence-electron chi connectivity index (χ0n) is 8.41. The molecule has 0 aromatic heterocycles. The molecule has 0 saturated heterocycles. The topological polar surface area (TPSA) is 18.5 Å². The monoisotopic (exact) mass is 180 g/mol. The van der Waals surface area contributed by atoms with Crippen LogP contribution in [0.4, 0.5) is 0 Å². The summed E-state index contributed by atoms with van der Waals surface area (Å²) < 4.78 is 10.3. The first-order valence-corrected chi connectivity index (χ1v) is 4.38. The predicted molar refractivity (Wildman–Crippen MR) is 53.4 cm³/mol. The van der Waals surface area contributed by atoms with Crippen molar-refractivity contribution in [3.63, 3.8) is 0 Å². The van der Waals surface area contributed by atoms with Crippen LogP contribution in [0, 0.1) is 0 Å². The summed E-state index contributed by atoms with van der Waals surface area (Å²) in [6.45, 7) is 2.10. The van der Waals surface area contributed by atoms with Crippen LogP contribution in [-0.4, -0.2) is 20.5 Å². The molecule has 1 rings (SSSR count). The van der Waals surface area contributed by atoms with Gasteiger partial charge < -0.3 is 9.47 Å². The van der Waals surface area contributed by atoms with Gasteiger partial charge in [0.25, 0.3) is 0 Å². The summed E-state index contributed by atoms with van der Waals surface area (Å²) in [6.07, 6.45) is 8.95. The molecule has 0 aliphatic heterocycles. The third kappa shape index (κ3) is 2.83. The minimum atomic E-state index is -0.130. The molecular weight excluding hydrogens is 164 g/mol. The molecule has 0 spiro atoms. The van der Waals surface area contributed by atoms with Crippen LogP contribution in [0.25, 0.3) is 0 Å². The van der Waals surface area contributed by atoms with Gasteiger partial charge >= 0.3 is 0 Å². The van der Waals surface area contributed by atoms with Crippen molar-refractivity contribution in [1.29, 1.82) is 0 Å². The van der Waals surface area contributed by atoms with Crippen LogP contribution in [-0.2, 0) is 9.47 Å². The van der Waals surface area contributed by atoms with E-state index in [1.807, 2.05) is 12.2 Å². The fourth-order valence-corrected chi connectivity index (χ4v) is 1.29. The summed E-state index contributed by atoms with van der Waals surface area (Å²) in [5.41, 5.74) is 2.55. The van der Waals surface area contributed by atoms with E-state index in [9.17, 15) is 0 Å². The summed E-state index contributed by atoms with van der Waals surface area (Å²) >= 11 is 0. The van der Waals surface area contributed by atoms with Crippen molar-refractivity contribution in [2.75, 3.05) is 14.2 Å². The van der Waals surface area contributed by atoms with Crippen molar-refractivity contribution >= 4 is 0 Å². The van der Waals surface area contributed by atoms with Gasteiger partial charge in [-0.1, -0.05) is 29.9 Å². The van der Waals surface area contributed by atoms with E-state index in [1.54, 1.807) is 14.2 Å². The third-order valence-electron chi connectivity index (χ3n) is 2.15. The first kappa shape index (κ1) is 10.2. The van der Waals surface area contributed by atoms with Crippen molar-refractivity contribution in [3.8, 4) is 0 Å². The Labute approximate surface area is 79.5 Å². The molecule has 0 amide bonds. The van der Waals surface area contributed by atoms with Crippen LogP contribution in [0.5, 0.6) is 0 Å². The first-order valence-electron chi connectivity index (χ1n) is 4.38. The highest BCUT2D eigenvalue weighted by Gasteiger charge is 2.08. The lowest BCUT2D eigenvalue weighted by molar-refractivity contribution is -0.100. The maximum absolute atomic E-state index is 5.13. The van der Waals surface area contributed by atoms with Crippen LogP contribution >= 0.6 is 0 Å². The Morgan fingerprint density at radius 1 is 1.23 bits per heavy atom. The van der Waals surface area contributed by atoms with Gasteiger partial charge in [-0.2, -0.15) is 0 Å². The van der Waals surface area contributed by atoms with Crippen LogP contribution in [0.1, 0.15) is 13.3 Å². The molecule has 0 saturated carbocycles. The largest absolute Gasteiger partial charge is 0.356 e. The lowest BCUT2D eigenvalue weighted by Gasteiger charge is -2.14. The van der Waals surface area contributed by atoms with Crippen molar-refractivity contribution < 1.29 is 9.47 Å². The molecule has 0 bridgehead atoms. The lowest BCUT2D eigenvalue weighted by Crippen LogP contribution is -2.13. The van der Waals surface area contributed by atoms with Gasteiger partial charge in [-0.25, -0.2) is 0 Å². The highest BCUT2D eigenvalue weighted by atomic mass is 16.7. The molecule has 72 valence electrons. The Morgan fingerprint density at radius 3 is 2.23 bits per heavy atom. The van der Waals surface area contributed by atoms with Gasteiger partial charge in [0.05, 0.1) is 0 Å². The SMILES string of the molecule is COC(CC(C)=C1C=CC=C1)OC. The zero-order valence-corrected chi connectivity index (χ0v) is 8.41. The summed E-state index contributed by atoms with van der Waals surface area (Å²) in [4.78, 5) is 0. The molecule has 1 aliphatic rings. The van der Waals surface area contributed by atoms with Crippen LogP contribution in [0.3, 0.4) is 0 Å². The van der Waals surface area contributed by atoms with Gasteiger partial charge in [-0.05, 0) is 12.5 Å². The second-order valence-electron chi connectivity index (χ2n) is 3.06. The minimum Gasteiger partial charge on any atom is -0.356 e. The van der Waals surface area contributed by atoms with Crippen LogP contribution < -0.4 is 0 Å². The summed E-state index contributed by atoms with van der Waals surface area (Å²) in [7, 11) is 3.32. The maximum atomic E-state index is 5.13. The Balaban J connectivity index is 2.57. The zero-order chi connectivity index (χ0) is 9.68. The van der Waals surface area contributed by atoms with Crippen molar-refractivity contribution in [3.05, 3.63) is 35.5 Å². The predicted octanol–water partition coefficient (Wildman–Crippen LogP) is 2.44. The van der Waals surface area contributed by atoms with E-state index in [2.05, 4.69) is 19.1 Å². The maximum Gasteiger partial charge on any atom is 0.160 e. The molecule has 2 nitrogen and oxygen atoms in total. The number of hydrogen-bond donors (Lipinski definition) is 0. The molecule has 0 N–H and O–H groups in total. The van der Waals surface area contributed by atoms with Gasteiger partial charge in [0.15, 0.2) is 6.29 Å². The molecule has 0 fully saturated rings. The molecule has 0 atom stereocenters. The standard InChI is InChI=1S/C11H16O2/c1-9(8-11(12-2)13-3)10-6-4-5-7-10/h4-7,11H,8H2,1-3H3. The molecule has 13 heavy (non-hydrogen) atoms. The Bertz CT molecular complexity index is 231. The van der Waals surface area contributed by atoms with E-state index in [0.717, 1.165) is 6.42 Å². The van der Waals surface area contributed by atoms with Gasteiger partial charge in [0.1, 0.15) is 0 Å². The average molecular weight is 180 g/mol. The third-order valence-corrected chi connectivity index (χ3v) is 2.15. The van der Waals surface area contributed by atoms with E-state index in [1.165, 1.54) is 11.1 Å². The minimum absolute atomic E-state index is 0.130. The molecule has 0 unspecified atom stereocenters. The molecule has 0 radical (unpaired) electrons. The molecule has 2 heteroatoms. The number of allylic oxidation sites excluding steroid dienone is 5. The van der Waals surface area contributed by atoms with Crippen LogP contribution in [0.15, 0.2) is 35.5 Å². The van der Waals surface area contributed by atoms with E-state index in [-0.39, 0.29) is 6.29 Å². The Kier molecular flexibility index (Phi) is 3.93. The quantitative estimate of drug-likeness (QED) is 0.619. The smallest absolute Gasteiger partial charge is 0.160 e. The summed E-state index contributed by atoms with van der Waals surface area (Å²) in [5, 5.41) is 0. The van der Waals surface area contributed by atoms with Crippen molar-refractivity contribution in [2.24, 2.45) is 0 Å². The first-order chi connectivity index (χ1) is 6.27. The van der Waals surface area contributed by atoms with Gasteiger partial charge in [-0.3, -0.25) is 0 Å². The molecule has 0 aromatic rings. The molecule has 1 aliphatic carbocycles. The highest BCUT2D eigenvalue weighted by Crippen LogP contribution is 2.18. The number of ether oxygens (including phenoxy) is 2. The fraction of sp³-hybridized carbons (Fsp3) is 0.455. The van der Waals surface area contributed by atoms with Gasteiger partial charge in [0.2, 0.25) is 0 Å². The summed E-state index contributed by atoms with van der Waals surface area (Å²) in [5.74, 6) is 0. The van der Waals surface area contributed by atoms with E-state index < -0.39 is 0 Å². The van der Waals surface area contributed by atoms with E-state index in [0.29, 0.717) is 0 Å².